The van der Waals surface area contributed by atoms with E-state index < -0.39 is 0 Å². The van der Waals surface area contributed by atoms with Gasteiger partial charge in [0.25, 0.3) is 5.56 Å². The molecule has 0 radical (unpaired) electrons. The Balaban J connectivity index is 1.74. The van der Waals surface area contributed by atoms with Crippen LogP contribution < -0.4 is 15.0 Å². The van der Waals surface area contributed by atoms with E-state index in [1.165, 1.54) is 0 Å². The summed E-state index contributed by atoms with van der Waals surface area (Å²) in [6.45, 7) is 2.85. The number of hydrogen-bond acceptors (Lipinski definition) is 4. The molecule has 168 valence electrons. The zero-order chi connectivity index (χ0) is 23.2. The summed E-state index contributed by atoms with van der Waals surface area (Å²) in [5, 5.41) is 0.957. The molecule has 0 N–H and O–H groups in total. The SMILES string of the molecule is CCCCOc1ccc(C=Cc2nc3ccccc3c(=O)n2-c2ccc(OC)c(Cl)c2)cc1. The van der Waals surface area contributed by atoms with E-state index in [-0.39, 0.29) is 5.56 Å². The fourth-order valence-electron chi connectivity index (χ4n) is 3.49. The molecule has 0 aliphatic carbocycles. The Hall–Kier alpha value is -3.57. The lowest BCUT2D eigenvalue weighted by atomic mass is 10.2. The zero-order valence-electron chi connectivity index (χ0n) is 18.6. The lowest BCUT2D eigenvalue weighted by Gasteiger charge is -2.13. The zero-order valence-corrected chi connectivity index (χ0v) is 19.4. The molecule has 0 amide bonds. The fraction of sp³-hybridized carbons (Fsp3) is 0.185. The molecule has 0 spiro atoms. The van der Waals surface area contributed by atoms with E-state index in [9.17, 15) is 4.79 Å². The van der Waals surface area contributed by atoms with E-state index >= 15 is 0 Å². The quantitative estimate of drug-likeness (QED) is 0.285. The number of fused-ring (bicyclic) bond motifs is 1. The van der Waals surface area contributed by atoms with Crippen LogP contribution in [0.3, 0.4) is 0 Å². The van der Waals surface area contributed by atoms with E-state index in [1.807, 2.05) is 54.6 Å². The third-order valence-corrected chi connectivity index (χ3v) is 5.56. The van der Waals surface area contributed by atoms with Crippen LogP contribution >= 0.6 is 11.6 Å². The first-order chi connectivity index (χ1) is 16.1. The van der Waals surface area contributed by atoms with Gasteiger partial charge in [-0.3, -0.25) is 9.36 Å². The van der Waals surface area contributed by atoms with E-state index in [0.29, 0.717) is 39.8 Å². The summed E-state index contributed by atoms with van der Waals surface area (Å²) in [6.07, 6.45) is 5.88. The van der Waals surface area contributed by atoms with Crippen LogP contribution in [0.4, 0.5) is 0 Å². The molecule has 0 aliphatic heterocycles. The van der Waals surface area contributed by atoms with Crippen molar-refractivity contribution in [2.75, 3.05) is 13.7 Å². The minimum atomic E-state index is -0.166. The van der Waals surface area contributed by atoms with Crippen molar-refractivity contribution in [3.8, 4) is 17.2 Å². The first-order valence-electron chi connectivity index (χ1n) is 10.9. The van der Waals surface area contributed by atoms with Crippen molar-refractivity contribution in [3.63, 3.8) is 0 Å². The molecular weight excluding hydrogens is 436 g/mol. The third kappa shape index (κ3) is 5.10. The van der Waals surface area contributed by atoms with Crippen molar-refractivity contribution in [2.24, 2.45) is 0 Å². The summed E-state index contributed by atoms with van der Waals surface area (Å²) in [5.74, 6) is 1.89. The highest BCUT2D eigenvalue weighted by molar-refractivity contribution is 6.32. The summed E-state index contributed by atoms with van der Waals surface area (Å²) in [4.78, 5) is 18.1. The predicted octanol–water partition coefficient (Wildman–Crippen LogP) is 6.40. The number of halogens is 1. The van der Waals surface area contributed by atoms with Gasteiger partial charge in [0, 0.05) is 0 Å². The molecule has 33 heavy (non-hydrogen) atoms. The van der Waals surface area contributed by atoms with Gasteiger partial charge in [-0.25, -0.2) is 4.98 Å². The standard InChI is InChI=1S/C27H25ClN2O3/c1-3-4-17-33-21-13-9-19(10-14-21)11-16-26-29-24-8-6-5-7-22(24)27(31)30(26)20-12-15-25(32-2)23(28)18-20/h5-16,18H,3-4,17H2,1-2H3. The molecule has 1 aromatic heterocycles. The summed E-state index contributed by atoms with van der Waals surface area (Å²) in [5.41, 5.74) is 2.06. The molecule has 0 unspecified atom stereocenters. The maximum Gasteiger partial charge on any atom is 0.266 e. The van der Waals surface area contributed by atoms with E-state index in [1.54, 1.807) is 35.9 Å². The highest BCUT2D eigenvalue weighted by Crippen LogP contribution is 2.27. The maximum atomic E-state index is 13.4. The molecule has 0 saturated heterocycles. The number of nitrogens with zero attached hydrogens (tertiary/aromatic N) is 2. The second-order valence-electron chi connectivity index (χ2n) is 7.55. The van der Waals surface area contributed by atoms with Crippen LogP contribution in [0.5, 0.6) is 11.5 Å². The van der Waals surface area contributed by atoms with E-state index in [0.717, 1.165) is 24.2 Å². The van der Waals surface area contributed by atoms with Crippen molar-refractivity contribution < 1.29 is 9.47 Å². The van der Waals surface area contributed by atoms with Gasteiger partial charge in [-0.15, -0.1) is 0 Å². The minimum Gasteiger partial charge on any atom is -0.495 e. The van der Waals surface area contributed by atoms with Crippen LogP contribution in [0.15, 0.2) is 71.5 Å². The van der Waals surface area contributed by atoms with Gasteiger partial charge in [0.15, 0.2) is 0 Å². The Morgan fingerprint density at radius 3 is 2.55 bits per heavy atom. The molecule has 0 bridgehead atoms. The molecule has 5 nitrogen and oxygen atoms in total. The van der Waals surface area contributed by atoms with Crippen molar-refractivity contribution in [1.29, 1.82) is 0 Å². The van der Waals surface area contributed by atoms with E-state index in [2.05, 4.69) is 6.92 Å². The highest BCUT2D eigenvalue weighted by atomic mass is 35.5. The summed E-state index contributed by atoms with van der Waals surface area (Å²) in [7, 11) is 1.55. The molecule has 1 heterocycles. The van der Waals surface area contributed by atoms with Gasteiger partial charge in [-0.05, 0) is 60.5 Å². The second-order valence-corrected chi connectivity index (χ2v) is 7.96. The Morgan fingerprint density at radius 1 is 1.03 bits per heavy atom. The summed E-state index contributed by atoms with van der Waals surface area (Å²) in [6, 6.07) is 20.4. The molecule has 0 atom stereocenters. The summed E-state index contributed by atoms with van der Waals surface area (Å²) >= 11 is 6.34. The number of para-hydroxylation sites is 1. The monoisotopic (exact) mass is 460 g/mol. The Morgan fingerprint density at radius 2 is 1.82 bits per heavy atom. The average molecular weight is 461 g/mol. The van der Waals surface area contributed by atoms with Crippen molar-refractivity contribution >= 4 is 34.7 Å². The topological polar surface area (TPSA) is 53.3 Å². The number of benzene rings is 3. The minimum absolute atomic E-state index is 0.166. The van der Waals surface area contributed by atoms with Crippen LogP contribution in [-0.2, 0) is 0 Å². The molecule has 0 aliphatic rings. The number of hydrogen-bond donors (Lipinski definition) is 0. The first kappa shape index (κ1) is 22.6. The van der Waals surface area contributed by atoms with Crippen LogP contribution in [0.2, 0.25) is 5.02 Å². The normalized spacial score (nSPS) is 11.2. The Kier molecular flexibility index (Phi) is 7.10. The summed E-state index contributed by atoms with van der Waals surface area (Å²) < 4.78 is 12.5. The molecule has 3 aromatic carbocycles. The van der Waals surface area contributed by atoms with Gasteiger partial charge >= 0.3 is 0 Å². The molecule has 0 saturated carbocycles. The number of rotatable bonds is 8. The van der Waals surface area contributed by atoms with Crippen molar-refractivity contribution in [1.82, 2.24) is 9.55 Å². The van der Waals surface area contributed by atoms with Crippen LogP contribution in [0.1, 0.15) is 31.2 Å². The molecule has 0 fully saturated rings. The number of unbranched alkanes of at least 4 members (excludes halogenated alkanes) is 1. The van der Waals surface area contributed by atoms with Crippen LogP contribution in [0, 0.1) is 0 Å². The van der Waals surface area contributed by atoms with Gasteiger partial charge in [0.05, 0.1) is 35.3 Å². The van der Waals surface area contributed by atoms with E-state index in [4.69, 9.17) is 26.1 Å². The lowest BCUT2D eigenvalue weighted by Crippen LogP contribution is -2.22. The maximum absolute atomic E-state index is 13.4. The average Bonchev–Trinajstić information content (AvgIpc) is 2.84. The van der Waals surface area contributed by atoms with Crippen LogP contribution in [-0.4, -0.2) is 23.3 Å². The Labute approximate surface area is 197 Å². The van der Waals surface area contributed by atoms with Gasteiger partial charge in [0.2, 0.25) is 0 Å². The smallest absolute Gasteiger partial charge is 0.266 e. The molecule has 4 rings (SSSR count). The van der Waals surface area contributed by atoms with Gasteiger partial charge in [-0.1, -0.05) is 55.3 Å². The van der Waals surface area contributed by atoms with Gasteiger partial charge in [-0.2, -0.15) is 0 Å². The molecule has 4 aromatic rings. The lowest BCUT2D eigenvalue weighted by molar-refractivity contribution is 0.309. The predicted molar refractivity (Wildman–Crippen MR) is 135 cm³/mol. The van der Waals surface area contributed by atoms with Crippen LogP contribution in [0.25, 0.3) is 28.7 Å². The first-order valence-corrected chi connectivity index (χ1v) is 11.2. The highest BCUT2D eigenvalue weighted by Gasteiger charge is 2.12. The van der Waals surface area contributed by atoms with Crippen molar-refractivity contribution in [2.45, 2.75) is 19.8 Å². The number of ether oxygens (including phenoxy) is 2. The largest absolute Gasteiger partial charge is 0.495 e. The van der Waals surface area contributed by atoms with Crippen molar-refractivity contribution in [3.05, 3.63) is 93.5 Å². The molecular formula is C27H25ClN2O3. The number of aromatic nitrogens is 2. The third-order valence-electron chi connectivity index (χ3n) is 5.27. The Bertz CT molecular complexity index is 1340. The number of methoxy groups -OCH3 is 1. The second kappa shape index (κ2) is 10.4. The molecule has 6 heteroatoms. The fourth-order valence-corrected chi connectivity index (χ4v) is 3.74. The van der Waals surface area contributed by atoms with Gasteiger partial charge in [0.1, 0.15) is 17.3 Å². The van der Waals surface area contributed by atoms with Gasteiger partial charge < -0.3 is 9.47 Å².